The summed E-state index contributed by atoms with van der Waals surface area (Å²) in [5.41, 5.74) is 1.14. The van der Waals surface area contributed by atoms with E-state index >= 15 is 0 Å². The van der Waals surface area contributed by atoms with E-state index in [4.69, 9.17) is 0 Å². The lowest BCUT2D eigenvalue weighted by molar-refractivity contribution is -0.0884. The molecule has 0 radical (unpaired) electrons. The molecule has 0 bridgehead atoms. The molecule has 0 N–H and O–H groups in total. The lowest BCUT2D eigenvalue weighted by atomic mass is 10.1. The maximum Gasteiger partial charge on any atom is 0.454 e. The summed E-state index contributed by atoms with van der Waals surface area (Å²) in [6, 6.07) is 12.1. The standard InChI is InChI=1S/C17H13F3N2O/c18-17(19,20)16(23)14-11-22(15-7-2-1-6-13(14)15)10-8-12-5-3-4-9-21-12/h1-7,9,11H,8,10H2. The maximum atomic E-state index is 12.8. The summed E-state index contributed by atoms with van der Waals surface area (Å²) in [4.78, 5) is 15.8. The van der Waals surface area contributed by atoms with Crippen molar-refractivity contribution in [1.29, 1.82) is 0 Å². The highest BCUT2D eigenvalue weighted by molar-refractivity contribution is 6.10. The zero-order valence-electron chi connectivity index (χ0n) is 12.0. The number of hydrogen-bond donors (Lipinski definition) is 0. The molecule has 0 saturated heterocycles. The Bertz CT molecular complexity index is 838. The molecule has 1 aromatic carbocycles. The van der Waals surface area contributed by atoms with Gasteiger partial charge in [-0.15, -0.1) is 0 Å². The number of carbonyl (C=O) groups is 1. The van der Waals surface area contributed by atoms with Crippen molar-refractivity contribution in [2.45, 2.75) is 19.1 Å². The van der Waals surface area contributed by atoms with Gasteiger partial charge in [-0.3, -0.25) is 9.78 Å². The van der Waals surface area contributed by atoms with Crippen LogP contribution in [0.25, 0.3) is 10.9 Å². The number of Topliss-reactive ketones (excluding diaryl/α,β-unsaturated/α-hetero) is 1. The topological polar surface area (TPSA) is 34.9 Å². The minimum absolute atomic E-state index is 0.311. The van der Waals surface area contributed by atoms with Gasteiger partial charge in [-0.25, -0.2) is 0 Å². The Kier molecular flexibility index (Phi) is 3.90. The fourth-order valence-electron chi connectivity index (χ4n) is 2.55. The van der Waals surface area contributed by atoms with Crippen molar-refractivity contribution < 1.29 is 18.0 Å². The third-order valence-electron chi connectivity index (χ3n) is 3.63. The van der Waals surface area contributed by atoms with Gasteiger partial charge in [0, 0.05) is 42.0 Å². The molecule has 0 spiro atoms. The van der Waals surface area contributed by atoms with E-state index in [1.54, 1.807) is 35.0 Å². The van der Waals surface area contributed by atoms with Crippen LogP contribution in [0, 0.1) is 0 Å². The number of pyridine rings is 1. The van der Waals surface area contributed by atoms with Gasteiger partial charge in [0.1, 0.15) is 0 Å². The van der Waals surface area contributed by atoms with Gasteiger partial charge in [-0.2, -0.15) is 13.2 Å². The molecule has 0 aliphatic rings. The molecule has 3 nitrogen and oxygen atoms in total. The summed E-state index contributed by atoms with van der Waals surface area (Å²) in [5.74, 6) is -1.81. The molecule has 3 aromatic rings. The van der Waals surface area contributed by atoms with E-state index < -0.39 is 12.0 Å². The van der Waals surface area contributed by atoms with Crippen LogP contribution in [0.4, 0.5) is 13.2 Å². The van der Waals surface area contributed by atoms with Crippen molar-refractivity contribution >= 4 is 16.7 Å². The summed E-state index contributed by atoms with van der Waals surface area (Å²) in [6.07, 6.45) is -1.36. The lowest BCUT2D eigenvalue weighted by Gasteiger charge is -2.04. The van der Waals surface area contributed by atoms with Crippen molar-refractivity contribution in [1.82, 2.24) is 9.55 Å². The highest BCUT2D eigenvalue weighted by atomic mass is 19.4. The number of para-hydroxylation sites is 1. The summed E-state index contributed by atoms with van der Waals surface area (Å²) in [6.45, 7) is 0.447. The number of aryl methyl sites for hydroxylation is 2. The van der Waals surface area contributed by atoms with E-state index in [-0.39, 0.29) is 5.56 Å². The highest BCUT2D eigenvalue weighted by Gasteiger charge is 2.40. The molecule has 2 heterocycles. The Morgan fingerprint density at radius 1 is 1.09 bits per heavy atom. The van der Waals surface area contributed by atoms with E-state index in [1.807, 2.05) is 12.1 Å². The number of carbonyl (C=O) groups excluding carboxylic acids is 1. The first-order chi connectivity index (χ1) is 11.0. The normalized spacial score (nSPS) is 11.8. The molecule has 0 unspecified atom stereocenters. The molecule has 0 aliphatic carbocycles. The van der Waals surface area contributed by atoms with Crippen LogP contribution in [0.1, 0.15) is 16.1 Å². The average Bonchev–Trinajstić information content (AvgIpc) is 2.91. The minimum Gasteiger partial charge on any atom is -0.346 e. The van der Waals surface area contributed by atoms with Crippen LogP contribution in [0.5, 0.6) is 0 Å². The van der Waals surface area contributed by atoms with Crippen molar-refractivity contribution in [3.63, 3.8) is 0 Å². The third kappa shape index (κ3) is 3.11. The van der Waals surface area contributed by atoms with Crippen molar-refractivity contribution in [3.05, 3.63) is 66.1 Å². The summed E-state index contributed by atoms with van der Waals surface area (Å²) >= 11 is 0. The Morgan fingerprint density at radius 3 is 2.52 bits per heavy atom. The van der Waals surface area contributed by atoms with Crippen LogP contribution in [0.3, 0.4) is 0 Å². The highest BCUT2D eigenvalue weighted by Crippen LogP contribution is 2.28. The van der Waals surface area contributed by atoms with Crippen molar-refractivity contribution in [2.75, 3.05) is 0 Å². The first-order valence-corrected chi connectivity index (χ1v) is 7.06. The van der Waals surface area contributed by atoms with E-state index in [2.05, 4.69) is 4.98 Å². The molecular formula is C17H13F3N2O. The second-order valence-electron chi connectivity index (χ2n) is 5.15. The zero-order valence-corrected chi connectivity index (χ0v) is 12.0. The Labute approximate surface area is 130 Å². The first-order valence-electron chi connectivity index (χ1n) is 7.06. The zero-order chi connectivity index (χ0) is 16.4. The van der Waals surface area contributed by atoms with Crippen LogP contribution in [0.15, 0.2) is 54.9 Å². The van der Waals surface area contributed by atoms with Crippen LogP contribution in [0.2, 0.25) is 0 Å². The maximum absolute atomic E-state index is 12.8. The predicted octanol–water partition coefficient (Wildman–Crippen LogP) is 4.02. The number of nitrogens with zero attached hydrogens (tertiary/aromatic N) is 2. The van der Waals surface area contributed by atoms with Gasteiger partial charge < -0.3 is 4.57 Å². The van der Waals surface area contributed by atoms with Crippen LogP contribution >= 0.6 is 0 Å². The van der Waals surface area contributed by atoms with E-state index in [9.17, 15) is 18.0 Å². The number of alkyl halides is 3. The summed E-state index contributed by atoms with van der Waals surface area (Å²) < 4.78 is 39.9. The number of rotatable bonds is 4. The second-order valence-corrected chi connectivity index (χ2v) is 5.15. The number of aromatic nitrogens is 2. The number of benzene rings is 1. The van der Waals surface area contributed by atoms with Crippen LogP contribution in [-0.2, 0) is 13.0 Å². The van der Waals surface area contributed by atoms with Crippen molar-refractivity contribution in [2.24, 2.45) is 0 Å². The molecule has 0 saturated carbocycles. The average molecular weight is 318 g/mol. The molecule has 6 heteroatoms. The molecule has 23 heavy (non-hydrogen) atoms. The van der Waals surface area contributed by atoms with Gasteiger partial charge in [0.15, 0.2) is 0 Å². The fourth-order valence-corrected chi connectivity index (χ4v) is 2.55. The molecular weight excluding hydrogens is 305 g/mol. The molecule has 0 atom stereocenters. The molecule has 0 fully saturated rings. The SMILES string of the molecule is O=C(c1cn(CCc2ccccn2)c2ccccc12)C(F)(F)F. The summed E-state index contributed by atoms with van der Waals surface area (Å²) in [7, 11) is 0. The van der Waals surface area contributed by atoms with Gasteiger partial charge >= 0.3 is 6.18 Å². The molecule has 3 rings (SSSR count). The smallest absolute Gasteiger partial charge is 0.346 e. The van der Waals surface area contributed by atoms with E-state index in [1.165, 1.54) is 12.3 Å². The van der Waals surface area contributed by atoms with Gasteiger partial charge in [0.25, 0.3) is 5.78 Å². The molecule has 118 valence electrons. The van der Waals surface area contributed by atoms with Crippen molar-refractivity contribution in [3.8, 4) is 0 Å². The van der Waals surface area contributed by atoms with Gasteiger partial charge in [0.05, 0.1) is 5.56 Å². The number of ketones is 1. The molecule has 2 aromatic heterocycles. The van der Waals surface area contributed by atoms with Crippen LogP contribution < -0.4 is 0 Å². The van der Waals surface area contributed by atoms with E-state index in [0.717, 1.165) is 5.69 Å². The fraction of sp³-hybridized carbons (Fsp3) is 0.176. The van der Waals surface area contributed by atoms with Gasteiger partial charge in [-0.1, -0.05) is 24.3 Å². The van der Waals surface area contributed by atoms with Gasteiger partial charge in [-0.05, 0) is 18.2 Å². The summed E-state index contributed by atoms with van der Waals surface area (Å²) in [5, 5.41) is 0.316. The molecule has 0 aliphatic heterocycles. The Hall–Kier alpha value is -2.63. The van der Waals surface area contributed by atoms with Crippen LogP contribution in [-0.4, -0.2) is 21.5 Å². The monoisotopic (exact) mass is 318 g/mol. The Morgan fingerprint density at radius 2 is 1.83 bits per heavy atom. The molecule has 0 amide bonds. The van der Waals surface area contributed by atoms with Gasteiger partial charge in [0.2, 0.25) is 0 Å². The first kappa shape index (κ1) is 15.3. The number of fused-ring (bicyclic) bond motifs is 1. The largest absolute Gasteiger partial charge is 0.454 e. The minimum atomic E-state index is -4.88. The van der Waals surface area contributed by atoms with E-state index in [0.29, 0.717) is 23.9 Å². The lowest BCUT2D eigenvalue weighted by Crippen LogP contribution is -2.22. The number of halogens is 3. The second kappa shape index (κ2) is 5.87. The predicted molar refractivity (Wildman–Crippen MR) is 80.3 cm³/mol. The Balaban J connectivity index is 1.96. The third-order valence-corrected chi connectivity index (χ3v) is 3.63. The quantitative estimate of drug-likeness (QED) is 0.681. The number of hydrogen-bond acceptors (Lipinski definition) is 2.